The Morgan fingerprint density at radius 1 is 1.57 bits per heavy atom. The van der Waals surface area contributed by atoms with Crippen molar-refractivity contribution in [3.63, 3.8) is 0 Å². The van der Waals surface area contributed by atoms with Crippen LogP contribution in [0, 0.1) is 10.1 Å². The van der Waals surface area contributed by atoms with E-state index < -0.39 is 4.92 Å². The molecule has 5 nitrogen and oxygen atoms in total. The minimum absolute atomic E-state index is 0.0298. The van der Waals surface area contributed by atoms with E-state index in [1.54, 1.807) is 0 Å². The molecule has 0 fully saturated rings. The van der Waals surface area contributed by atoms with Gasteiger partial charge in [0.2, 0.25) is 5.88 Å². The molecular weight excluding hydrogens is 252 g/mol. The highest BCUT2D eigenvalue weighted by atomic mass is 79.9. The van der Waals surface area contributed by atoms with Gasteiger partial charge in [-0.2, -0.15) is 0 Å². The second kappa shape index (κ2) is 5.54. The molecule has 0 amide bonds. The van der Waals surface area contributed by atoms with Crippen LogP contribution in [-0.2, 0) is 0 Å². The van der Waals surface area contributed by atoms with Gasteiger partial charge in [0.15, 0.2) is 0 Å². The van der Waals surface area contributed by atoms with E-state index in [0.717, 1.165) is 11.8 Å². The highest BCUT2D eigenvalue weighted by Crippen LogP contribution is 2.13. The number of alkyl halides is 1. The Balaban J connectivity index is 2.51. The summed E-state index contributed by atoms with van der Waals surface area (Å²) in [5, 5.41) is 11.2. The van der Waals surface area contributed by atoms with Gasteiger partial charge in [-0.25, -0.2) is 4.98 Å². The molecule has 0 N–H and O–H groups in total. The quantitative estimate of drug-likeness (QED) is 0.352. The first kappa shape index (κ1) is 10.9. The van der Waals surface area contributed by atoms with Crippen LogP contribution >= 0.6 is 15.9 Å². The summed E-state index contributed by atoms with van der Waals surface area (Å²) in [5.74, 6) is 0.413. The van der Waals surface area contributed by atoms with E-state index in [0.29, 0.717) is 12.5 Å². The van der Waals surface area contributed by atoms with Gasteiger partial charge < -0.3 is 4.74 Å². The number of ether oxygens (including phenoxy) is 1. The second-order valence-corrected chi connectivity index (χ2v) is 3.30. The van der Waals surface area contributed by atoms with Gasteiger partial charge in [-0.3, -0.25) is 10.1 Å². The number of aromatic nitrogens is 1. The van der Waals surface area contributed by atoms with E-state index in [9.17, 15) is 10.1 Å². The van der Waals surface area contributed by atoms with Gasteiger partial charge in [0.25, 0.3) is 5.69 Å². The first-order valence-corrected chi connectivity index (χ1v) is 5.15. The van der Waals surface area contributed by atoms with Crippen molar-refractivity contribution in [2.24, 2.45) is 0 Å². The molecule has 76 valence electrons. The average molecular weight is 261 g/mol. The van der Waals surface area contributed by atoms with Crippen LogP contribution < -0.4 is 4.74 Å². The molecule has 0 unspecified atom stereocenters. The van der Waals surface area contributed by atoms with Gasteiger partial charge in [-0.15, -0.1) is 0 Å². The van der Waals surface area contributed by atoms with Crippen LogP contribution in [0.2, 0.25) is 0 Å². The normalized spacial score (nSPS) is 9.79. The Morgan fingerprint density at radius 3 is 2.86 bits per heavy atom. The summed E-state index contributed by atoms with van der Waals surface area (Å²) in [6.45, 7) is 0.552. The molecule has 1 rings (SSSR count). The van der Waals surface area contributed by atoms with Gasteiger partial charge in [0.1, 0.15) is 6.20 Å². The van der Waals surface area contributed by atoms with Crippen molar-refractivity contribution >= 4 is 21.6 Å². The number of nitrogens with zero attached hydrogens (tertiary/aromatic N) is 2. The fraction of sp³-hybridized carbons (Fsp3) is 0.375. The Hall–Kier alpha value is -1.17. The smallest absolute Gasteiger partial charge is 0.287 e. The summed E-state index contributed by atoms with van der Waals surface area (Å²) in [6.07, 6.45) is 2.06. The van der Waals surface area contributed by atoms with Gasteiger partial charge in [-0.05, 0) is 6.42 Å². The Bertz CT molecular complexity index is 302. The van der Waals surface area contributed by atoms with E-state index in [4.69, 9.17) is 4.74 Å². The van der Waals surface area contributed by atoms with Gasteiger partial charge in [0, 0.05) is 17.5 Å². The molecule has 6 heteroatoms. The maximum Gasteiger partial charge on any atom is 0.287 e. The third-order valence-corrected chi connectivity index (χ3v) is 2.02. The van der Waals surface area contributed by atoms with Crippen LogP contribution in [0.15, 0.2) is 18.3 Å². The lowest BCUT2D eigenvalue weighted by Crippen LogP contribution is -1.99. The minimum atomic E-state index is -0.491. The van der Waals surface area contributed by atoms with E-state index >= 15 is 0 Å². The van der Waals surface area contributed by atoms with Crippen molar-refractivity contribution in [3.8, 4) is 5.88 Å². The summed E-state index contributed by atoms with van der Waals surface area (Å²) in [6, 6.07) is 2.86. The molecule has 0 atom stereocenters. The fourth-order valence-electron chi connectivity index (χ4n) is 0.797. The molecule has 1 aromatic rings. The Labute approximate surface area is 89.4 Å². The molecule has 0 radical (unpaired) electrons. The molecule has 0 aliphatic rings. The lowest BCUT2D eigenvalue weighted by Gasteiger charge is -2.02. The molecule has 14 heavy (non-hydrogen) atoms. The second-order valence-electron chi connectivity index (χ2n) is 2.50. The molecule has 0 spiro atoms. The summed E-state index contributed by atoms with van der Waals surface area (Å²) in [5.41, 5.74) is -0.0298. The van der Waals surface area contributed by atoms with Crippen LogP contribution in [0.1, 0.15) is 6.42 Å². The number of hydrogen-bond acceptors (Lipinski definition) is 4. The SMILES string of the molecule is O=[N+]([O-])c1ccc(OCCCBr)nc1. The van der Waals surface area contributed by atoms with E-state index in [1.165, 1.54) is 18.3 Å². The first-order valence-electron chi connectivity index (χ1n) is 4.03. The molecule has 0 bridgehead atoms. The average Bonchev–Trinajstić information content (AvgIpc) is 2.19. The lowest BCUT2D eigenvalue weighted by atomic mass is 10.4. The maximum atomic E-state index is 10.3. The number of pyridine rings is 1. The highest BCUT2D eigenvalue weighted by Gasteiger charge is 2.05. The van der Waals surface area contributed by atoms with Crippen LogP contribution in [0.25, 0.3) is 0 Å². The standard InChI is InChI=1S/C8H9BrN2O3/c9-4-1-5-14-8-3-2-7(6-10-8)11(12)13/h2-3,6H,1,4-5H2. The summed E-state index contributed by atoms with van der Waals surface area (Å²) in [7, 11) is 0. The summed E-state index contributed by atoms with van der Waals surface area (Å²) in [4.78, 5) is 13.6. The van der Waals surface area contributed by atoms with Crippen LogP contribution in [0.4, 0.5) is 5.69 Å². The van der Waals surface area contributed by atoms with E-state index in [2.05, 4.69) is 20.9 Å². The molecule has 0 aliphatic heterocycles. The third kappa shape index (κ3) is 3.29. The maximum absolute atomic E-state index is 10.3. The zero-order valence-corrected chi connectivity index (χ0v) is 8.94. The van der Waals surface area contributed by atoms with Crippen molar-refractivity contribution in [2.75, 3.05) is 11.9 Å². The molecular formula is C8H9BrN2O3. The minimum Gasteiger partial charge on any atom is -0.478 e. The molecule has 0 saturated heterocycles. The van der Waals surface area contributed by atoms with Gasteiger partial charge in [-0.1, -0.05) is 15.9 Å². The van der Waals surface area contributed by atoms with Gasteiger partial charge in [0.05, 0.1) is 11.5 Å². The number of hydrogen-bond donors (Lipinski definition) is 0. The van der Waals surface area contributed by atoms with Gasteiger partial charge >= 0.3 is 0 Å². The molecule has 1 aromatic heterocycles. The number of halogens is 1. The fourth-order valence-corrected chi connectivity index (χ4v) is 1.03. The highest BCUT2D eigenvalue weighted by molar-refractivity contribution is 9.09. The Kier molecular flexibility index (Phi) is 4.31. The van der Waals surface area contributed by atoms with E-state index in [1.807, 2.05) is 0 Å². The summed E-state index contributed by atoms with van der Waals surface area (Å²) >= 11 is 3.26. The monoisotopic (exact) mass is 260 g/mol. The zero-order valence-electron chi connectivity index (χ0n) is 7.35. The predicted molar refractivity (Wildman–Crippen MR) is 54.8 cm³/mol. The zero-order chi connectivity index (χ0) is 10.4. The first-order chi connectivity index (χ1) is 6.74. The van der Waals surface area contributed by atoms with E-state index in [-0.39, 0.29) is 5.69 Å². The predicted octanol–water partition coefficient (Wildman–Crippen LogP) is 2.15. The molecule has 1 heterocycles. The van der Waals surface area contributed by atoms with Crippen LogP contribution in [0.5, 0.6) is 5.88 Å². The van der Waals surface area contributed by atoms with Crippen LogP contribution in [0.3, 0.4) is 0 Å². The molecule has 0 saturated carbocycles. The van der Waals surface area contributed by atoms with Crippen molar-refractivity contribution < 1.29 is 9.66 Å². The lowest BCUT2D eigenvalue weighted by molar-refractivity contribution is -0.385. The van der Waals surface area contributed by atoms with Crippen LogP contribution in [-0.4, -0.2) is 21.8 Å². The summed E-state index contributed by atoms with van der Waals surface area (Å²) < 4.78 is 5.22. The largest absolute Gasteiger partial charge is 0.478 e. The van der Waals surface area contributed by atoms with Crippen molar-refractivity contribution in [1.82, 2.24) is 4.98 Å². The van der Waals surface area contributed by atoms with Crippen molar-refractivity contribution in [3.05, 3.63) is 28.4 Å². The number of nitro groups is 1. The topological polar surface area (TPSA) is 65.3 Å². The van der Waals surface area contributed by atoms with Crippen molar-refractivity contribution in [1.29, 1.82) is 0 Å². The molecule has 0 aliphatic carbocycles. The van der Waals surface area contributed by atoms with Crippen molar-refractivity contribution in [2.45, 2.75) is 6.42 Å². The number of rotatable bonds is 5. The molecule has 0 aromatic carbocycles. The third-order valence-electron chi connectivity index (χ3n) is 1.46. The Morgan fingerprint density at radius 2 is 2.36 bits per heavy atom.